The standard InChI is InChI=1S/C23H19N3O/c1-2-6-20(7-3-1)22-12-11-21(17-25-22)27-23-13-10-19(16-26-23)9-8-18-5-4-14-24-15-18/h1-7,10-17H,8-9H2. The Morgan fingerprint density at radius 3 is 2.19 bits per heavy atom. The second-order valence-corrected chi connectivity index (χ2v) is 6.21. The highest BCUT2D eigenvalue weighted by atomic mass is 16.5. The molecule has 0 bridgehead atoms. The Hall–Kier alpha value is -3.53. The zero-order valence-corrected chi connectivity index (χ0v) is 14.8. The molecule has 0 amide bonds. The topological polar surface area (TPSA) is 47.9 Å². The Bertz CT molecular complexity index is 970. The van der Waals surface area contributed by atoms with Crippen LogP contribution in [0, 0.1) is 0 Å². The van der Waals surface area contributed by atoms with Gasteiger partial charge in [0.2, 0.25) is 5.88 Å². The molecule has 1 aromatic carbocycles. The number of hydrogen-bond donors (Lipinski definition) is 0. The van der Waals surface area contributed by atoms with Crippen molar-refractivity contribution in [2.45, 2.75) is 12.8 Å². The van der Waals surface area contributed by atoms with Crippen molar-refractivity contribution in [1.29, 1.82) is 0 Å². The van der Waals surface area contributed by atoms with E-state index < -0.39 is 0 Å². The molecule has 0 N–H and O–H groups in total. The highest BCUT2D eigenvalue weighted by Crippen LogP contribution is 2.22. The number of hydrogen-bond acceptors (Lipinski definition) is 4. The zero-order chi connectivity index (χ0) is 18.3. The van der Waals surface area contributed by atoms with E-state index in [1.165, 1.54) is 11.1 Å². The van der Waals surface area contributed by atoms with Crippen LogP contribution in [0.1, 0.15) is 11.1 Å². The number of ether oxygens (including phenoxy) is 1. The molecule has 3 heterocycles. The predicted molar refractivity (Wildman–Crippen MR) is 106 cm³/mol. The third-order valence-corrected chi connectivity index (χ3v) is 4.25. The Balaban J connectivity index is 1.37. The van der Waals surface area contributed by atoms with Crippen LogP contribution in [-0.2, 0) is 12.8 Å². The molecule has 0 aliphatic rings. The highest BCUT2D eigenvalue weighted by Gasteiger charge is 2.03. The molecular formula is C23H19N3O. The number of rotatable bonds is 6. The number of pyridine rings is 3. The molecular weight excluding hydrogens is 334 g/mol. The summed E-state index contributed by atoms with van der Waals surface area (Å²) in [6.07, 6.45) is 9.14. The van der Waals surface area contributed by atoms with Crippen LogP contribution in [0.15, 0.2) is 91.5 Å². The fraction of sp³-hybridized carbons (Fsp3) is 0.0870. The molecule has 4 nitrogen and oxygen atoms in total. The van der Waals surface area contributed by atoms with E-state index in [1.807, 2.05) is 73.1 Å². The molecule has 4 aromatic rings. The SMILES string of the molecule is c1ccc(-c2ccc(Oc3ccc(CCc4cccnc4)cn3)cn2)cc1. The van der Waals surface area contributed by atoms with E-state index in [4.69, 9.17) is 4.74 Å². The molecule has 0 radical (unpaired) electrons. The lowest BCUT2D eigenvalue weighted by molar-refractivity contribution is 0.460. The molecule has 0 atom stereocenters. The van der Waals surface area contributed by atoms with Crippen LogP contribution in [-0.4, -0.2) is 15.0 Å². The lowest BCUT2D eigenvalue weighted by Crippen LogP contribution is -1.94. The summed E-state index contributed by atoms with van der Waals surface area (Å²) in [6, 6.07) is 21.9. The highest BCUT2D eigenvalue weighted by molar-refractivity contribution is 5.59. The fourth-order valence-electron chi connectivity index (χ4n) is 2.79. The van der Waals surface area contributed by atoms with Gasteiger partial charge in [0.15, 0.2) is 0 Å². The van der Waals surface area contributed by atoms with Crippen LogP contribution in [0.5, 0.6) is 11.6 Å². The summed E-state index contributed by atoms with van der Waals surface area (Å²) in [4.78, 5) is 13.0. The Labute approximate surface area is 158 Å². The first-order valence-corrected chi connectivity index (χ1v) is 8.90. The normalized spacial score (nSPS) is 10.5. The van der Waals surface area contributed by atoms with Crippen molar-refractivity contribution < 1.29 is 4.74 Å². The van der Waals surface area contributed by atoms with Gasteiger partial charge in [0.1, 0.15) is 5.75 Å². The Morgan fingerprint density at radius 1 is 0.667 bits per heavy atom. The first kappa shape index (κ1) is 16.9. The van der Waals surface area contributed by atoms with Gasteiger partial charge in [-0.05, 0) is 42.2 Å². The minimum atomic E-state index is 0.564. The van der Waals surface area contributed by atoms with Crippen molar-refractivity contribution in [3.05, 3.63) is 103 Å². The molecule has 0 unspecified atom stereocenters. The lowest BCUT2D eigenvalue weighted by Gasteiger charge is -2.07. The average molecular weight is 353 g/mol. The summed E-state index contributed by atoms with van der Waals surface area (Å²) < 4.78 is 5.80. The van der Waals surface area contributed by atoms with E-state index in [0.29, 0.717) is 11.6 Å². The summed E-state index contributed by atoms with van der Waals surface area (Å²) in [7, 11) is 0. The Kier molecular flexibility index (Phi) is 5.16. The monoisotopic (exact) mass is 353 g/mol. The zero-order valence-electron chi connectivity index (χ0n) is 14.8. The van der Waals surface area contributed by atoms with Gasteiger partial charge in [-0.15, -0.1) is 0 Å². The summed E-state index contributed by atoms with van der Waals surface area (Å²) in [5.41, 5.74) is 4.40. The number of aromatic nitrogens is 3. The van der Waals surface area contributed by atoms with Crippen molar-refractivity contribution in [3.8, 4) is 22.9 Å². The molecule has 3 aromatic heterocycles. The van der Waals surface area contributed by atoms with Crippen LogP contribution in [0.4, 0.5) is 0 Å². The van der Waals surface area contributed by atoms with Crippen LogP contribution < -0.4 is 4.74 Å². The maximum Gasteiger partial charge on any atom is 0.219 e. The summed E-state index contributed by atoms with van der Waals surface area (Å²) >= 11 is 0. The van der Waals surface area contributed by atoms with Crippen LogP contribution in [0.3, 0.4) is 0 Å². The van der Waals surface area contributed by atoms with E-state index >= 15 is 0 Å². The van der Waals surface area contributed by atoms with Gasteiger partial charge in [-0.2, -0.15) is 0 Å². The number of benzene rings is 1. The molecule has 0 spiro atoms. The minimum Gasteiger partial charge on any atom is -0.437 e. The van der Waals surface area contributed by atoms with Crippen LogP contribution in [0.2, 0.25) is 0 Å². The molecule has 0 saturated carbocycles. The molecule has 27 heavy (non-hydrogen) atoms. The molecule has 0 aliphatic heterocycles. The van der Waals surface area contributed by atoms with Gasteiger partial charge in [0.25, 0.3) is 0 Å². The molecule has 0 saturated heterocycles. The third kappa shape index (κ3) is 4.55. The molecule has 132 valence electrons. The van der Waals surface area contributed by atoms with Gasteiger partial charge < -0.3 is 4.74 Å². The minimum absolute atomic E-state index is 0.564. The largest absolute Gasteiger partial charge is 0.437 e. The van der Waals surface area contributed by atoms with Crippen molar-refractivity contribution in [1.82, 2.24) is 15.0 Å². The maximum atomic E-state index is 5.80. The summed E-state index contributed by atoms with van der Waals surface area (Å²) in [5.74, 6) is 1.24. The maximum absolute atomic E-state index is 5.80. The van der Waals surface area contributed by atoms with Gasteiger partial charge >= 0.3 is 0 Å². The summed E-state index contributed by atoms with van der Waals surface area (Å²) in [5, 5.41) is 0. The molecule has 0 aliphatic carbocycles. The van der Waals surface area contributed by atoms with Gasteiger partial charge in [-0.1, -0.05) is 42.5 Å². The van der Waals surface area contributed by atoms with Crippen molar-refractivity contribution in [2.75, 3.05) is 0 Å². The lowest BCUT2D eigenvalue weighted by atomic mass is 10.1. The predicted octanol–water partition coefficient (Wildman–Crippen LogP) is 5.12. The number of nitrogens with zero attached hydrogens (tertiary/aromatic N) is 3. The van der Waals surface area contributed by atoms with E-state index in [0.717, 1.165) is 24.1 Å². The first-order chi connectivity index (χ1) is 13.4. The van der Waals surface area contributed by atoms with Crippen molar-refractivity contribution >= 4 is 0 Å². The van der Waals surface area contributed by atoms with Gasteiger partial charge in [-0.25, -0.2) is 4.98 Å². The third-order valence-electron chi connectivity index (χ3n) is 4.25. The first-order valence-electron chi connectivity index (χ1n) is 8.90. The fourth-order valence-corrected chi connectivity index (χ4v) is 2.79. The second-order valence-electron chi connectivity index (χ2n) is 6.21. The van der Waals surface area contributed by atoms with Crippen molar-refractivity contribution in [2.24, 2.45) is 0 Å². The van der Waals surface area contributed by atoms with E-state index in [-0.39, 0.29) is 0 Å². The molecule has 0 fully saturated rings. The smallest absolute Gasteiger partial charge is 0.219 e. The number of aryl methyl sites for hydroxylation is 2. The Morgan fingerprint density at radius 2 is 1.52 bits per heavy atom. The molecule has 4 rings (SSSR count). The second kappa shape index (κ2) is 8.23. The van der Waals surface area contributed by atoms with Crippen molar-refractivity contribution in [3.63, 3.8) is 0 Å². The average Bonchev–Trinajstić information content (AvgIpc) is 2.75. The van der Waals surface area contributed by atoms with E-state index in [2.05, 4.69) is 21.0 Å². The molecule has 4 heteroatoms. The summed E-state index contributed by atoms with van der Waals surface area (Å²) in [6.45, 7) is 0. The van der Waals surface area contributed by atoms with Gasteiger partial charge in [0.05, 0.1) is 11.9 Å². The van der Waals surface area contributed by atoms with Gasteiger partial charge in [0, 0.05) is 30.2 Å². The van der Waals surface area contributed by atoms with Gasteiger partial charge in [-0.3, -0.25) is 9.97 Å². The van der Waals surface area contributed by atoms with E-state index in [1.54, 1.807) is 12.4 Å². The van der Waals surface area contributed by atoms with Crippen LogP contribution in [0.25, 0.3) is 11.3 Å². The van der Waals surface area contributed by atoms with E-state index in [9.17, 15) is 0 Å². The van der Waals surface area contributed by atoms with Crippen LogP contribution >= 0.6 is 0 Å². The quantitative estimate of drug-likeness (QED) is 0.483.